The maximum absolute atomic E-state index is 12.7. The number of methoxy groups -OCH3 is 1. The molecule has 1 aliphatic heterocycles. The van der Waals surface area contributed by atoms with E-state index < -0.39 is 5.69 Å². The molecular weight excluding hydrogens is 436 g/mol. The van der Waals surface area contributed by atoms with Crippen LogP contribution in [0, 0.1) is 0 Å². The molecule has 3 heterocycles. The number of aryl methyl sites for hydroxylation is 2. The molecule has 3 aromatic rings. The molecule has 0 atom stereocenters. The number of rotatable bonds is 8. The summed E-state index contributed by atoms with van der Waals surface area (Å²) in [5, 5.41) is 0. The molecule has 1 aliphatic rings. The van der Waals surface area contributed by atoms with Gasteiger partial charge in [0.1, 0.15) is 5.75 Å². The second kappa shape index (κ2) is 10.3. The van der Waals surface area contributed by atoms with E-state index in [0.717, 1.165) is 49.5 Å². The van der Waals surface area contributed by atoms with Crippen molar-refractivity contribution < 1.29 is 9.53 Å². The molecule has 1 fully saturated rings. The number of hydrogen-bond acceptors (Lipinski definition) is 6. The molecule has 10 nitrogen and oxygen atoms in total. The van der Waals surface area contributed by atoms with Gasteiger partial charge in [-0.2, -0.15) is 0 Å². The minimum atomic E-state index is -0.402. The Labute approximate surface area is 198 Å². The van der Waals surface area contributed by atoms with Gasteiger partial charge in [-0.05, 0) is 30.5 Å². The second-order valence-electron chi connectivity index (χ2n) is 8.74. The average molecular weight is 469 g/mol. The van der Waals surface area contributed by atoms with E-state index in [2.05, 4.69) is 22.0 Å². The number of aromatic nitrogens is 4. The number of carbonyl (C=O) groups is 1. The van der Waals surface area contributed by atoms with E-state index in [1.807, 2.05) is 17.0 Å². The summed E-state index contributed by atoms with van der Waals surface area (Å²) in [6, 6.07) is 8.16. The minimum absolute atomic E-state index is 0.138. The van der Waals surface area contributed by atoms with Crippen LogP contribution in [-0.4, -0.2) is 74.2 Å². The Balaban J connectivity index is 1.24. The van der Waals surface area contributed by atoms with E-state index in [9.17, 15) is 14.4 Å². The maximum Gasteiger partial charge on any atom is 0.332 e. The summed E-state index contributed by atoms with van der Waals surface area (Å²) in [6.45, 7) is 4.68. The molecule has 0 N–H and O–H groups in total. The Morgan fingerprint density at radius 3 is 2.38 bits per heavy atom. The molecule has 0 aliphatic carbocycles. The minimum Gasteiger partial charge on any atom is -0.497 e. The van der Waals surface area contributed by atoms with Crippen molar-refractivity contribution >= 4 is 17.1 Å². The summed E-state index contributed by atoms with van der Waals surface area (Å²) in [7, 11) is 4.73. The quantitative estimate of drug-likeness (QED) is 0.481. The first-order valence-electron chi connectivity index (χ1n) is 11.6. The van der Waals surface area contributed by atoms with Crippen molar-refractivity contribution in [2.75, 3.05) is 39.8 Å². The Bertz CT molecular complexity index is 1270. The fraction of sp³-hybridized carbons (Fsp3) is 0.500. The van der Waals surface area contributed by atoms with Crippen LogP contribution < -0.4 is 16.0 Å². The van der Waals surface area contributed by atoms with Gasteiger partial charge in [-0.3, -0.25) is 23.6 Å². The van der Waals surface area contributed by atoms with Crippen molar-refractivity contribution in [2.45, 2.75) is 25.8 Å². The fourth-order valence-corrected chi connectivity index (χ4v) is 4.43. The van der Waals surface area contributed by atoms with Gasteiger partial charge in [0.2, 0.25) is 5.91 Å². The van der Waals surface area contributed by atoms with Crippen LogP contribution in [0.15, 0.2) is 40.2 Å². The molecule has 1 amide bonds. The van der Waals surface area contributed by atoms with Crippen LogP contribution in [0.1, 0.15) is 18.4 Å². The Morgan fingerprint density at radius 2 is 1.71 bits per heavy atom. The predicted molar refractivity (Wildman–Crippen MR) is 129 cm³/mol. The van der Waals surface area contributed by atoms with Gasteiger partial charge in [-0.25, -0.2) is 9.78 Å². The lowest BCUT2D eigenvalue weighted by Gasteiger charge is -2.34. The molecule has 0 unspecified atom stereocenters. The number of imidazole rings is 1. The molecule has 0 radical (unpaired) electrons. The first kappa shape index (κ1) is 23.7. The first-order chi connectivity index (χ1) is 16.4. The fourth-order valence-electron chi connectivity index (χ4n) is 4.43. The SMILES string of the molecule is COc1ccc(CCN2CCN(C(=O)CCCn3cnc4c3c(=O)n(C)c(=O)n4C)CC2)cc1. The first-order valence-corrected chi connectivity index (χ1v) is 11.6. The summed E-state index contributed by atoms with van der Waals surface area (Å²) < 4.78 is 9.39. The largest absolute Gasteiger partial charge is 0.497 e. The number of fused-ring (bicyclic) bond motifs is 1. The molecular formula is C24H32N6O4. The zero-order chi connectivity index (χ0) is 24.2. The standard InChI is InChI=1S/C24H32N6O4/c1-26-22-21(23(32)27(2)24(26)33)30(17-25-22)11-4-5-20(31)29-15-13-28(14-16-29)12-10-18-6-8-19(34-3)9-7-18/h6-9,17H,4-5,10-16H2,1-3H3. The normalized spacial score (nSPS) is 14.6. The van der Waals surface area contributed by atoms with Crippen molar-refractivity contribution in [2.24, 2.45) is 14.1 Å². The topological polar surface area (TPSA) is 94.6 Å². The van der Waals surface area contributed by atoms with Crippen LogP contribution in [0.25, 0.3) is 11.2 Å². The maximum atomic E-state index is 12.7. The van der Waals surface area contributed by atoms with E-state index in [-0.39, 0.29) is 11.5 Å². The zero-order valence-corrected chi connectivity index (χ0v) is 20.1. The van der Waals surface area contributed by atoms with Gasteiger partial charge >= 0.3 is 5.69 Å². The molecule has 0 spiro atoms. The van der Waals surface area contributed by atoms with Crippen molar-refractivity contribution in [3.8, 4) is 5.75 Å². The van der Waals surface area contributed by atoms with Crippen molar-refractivity contribution in [1.29, 1.82) is 0 Å². The summed E-state index contributed by atoms with van der Waals surface area (Å²) >= 11 is 0. The summed E-state index contributed by atoms with van der Waals surface area (Å²) in [5.41, 5.74) is 1.27. The van der Waals surface area contributed by atoms with E-state index in [1.54, 1.807) is 25.1 Å². The average Bonchev–Trinajstić information content (AvgIpc) is 3.29. The molecule has 1 saturated heterocycles. The lowest BCUT2D eigenvalue weighted by molar-refractivity contribution is -0.133. The van der Waals surface area contributed by atoms with Crippen molar-refractivity contribution in [1.82, 2.24) is 28.5 Å². The Kier molecular flexibility index (Phi) is 7.16. The van der Waals surface area contributed by atoms with Crippen LogP contribution in [0.3, 0.4) is 0 Å². The number of benzene rings is 1. The second-order valence-corrected chi connectivity index (χ2v) is 8.74. The molecule has 4 rings (SSSR count). The highest BCUT2D eigenvalue weighted by atomic mass is 16.5. The van der Waals surface area contributed by atoms with Gasteiger partial charge in [-0.1, -0.05) is 12.1 Å². The predicted octanol–water partition coefficient (Wildman–Crippen LogP) is 0.609. The number of nitrogens with zero attached hydrogens (tertiary/aromatic N) is 6. The third kappa shape index (κ3) is 4.91. The highest BCUT2D eigenvalue weighted by Crippen LogP contribution is 2.13. The van der Waals surface area contributed by atoms with E-state index in [1.165, 1.54) is 17.2 Å². The number of piperazine rings is 1. The van der Waals surface area contributed by atoms with Gasteiger partial charge in [-0.15, -0.1) is 0 Å². The highest BCUT2D eigenvalue weighted by Gasteiger charge is 2.21. The summed E-state index contributed by atoms with van der Waals surface area (Å²) in [5.74, 6) is 1.00. The summed E-state index contributed by atoms with van der Waals surface area (Å²) in [4.78, 5) is 45.9. The smallest absolute Gasteiger partial charge is 0.332 e. The molecule has 1 aromatic carbocycles. The monoisotopic (exact) mass is 468 g/mol. The number of ether oxygens (including phenoxy) is 1. The van der Waals surface area contributed by atoms with Crippen molar-refractivity contribution in [3.05, 3.63) is 57.0 Å². The molecule has 0 bridgehead atoms. The van der Waals surface area contributed by atoms with E-state index in [0.29, 0.717) is 30.6 Å². The molecule has 10 heteroatoms. The molecule has 34 heavy (non-hydrogen) atoms. The third-order valence-electron chi connectivity index (χ3n) is 6.61. The van der Waals surface area contributed by atoms with Gasteiger partial charge in [0.05, 0.1) is 13.4 Å². The van der Waals surface area contributed by atoms with E-state index in [4.69, 9.17) is 4.74 Å². The Morgan fingerprint density at radius 1 is 1.00 bits per heavy atom. The Hall–Kier alpha value is -3.40. The van der Waals surface area contributed by atoms with Crippen LogP contribution in [0.5, 0.6) is 5.75 Å². The zero-order valence-electron chi connectivity index (χ0n) is 20.1. The van der Waals surface area contributed by atoms with Gasteiger partial charge in [0, 0.05) is 59.8 Å². The van der Waals surface area contributed by atoms with Crippen LogP contribution in [0.2, 0.25) is 0 Å². The summed E-state index contributed by atoms with van der Waals surface area (Å²) in [6.07, 6.45) is 3.56. The molecule has 0 saturated carbocycles. The van der Waals surface area contributed by atoms with Crippen LogP contribution >= 0.6 is 0 Å². The van der Waals surface area contributed by atoms with Gasteiger partial charge in [0.25, 0.3) is 5.56 Å². The van der Waals surface area contributed by atoms with Gasteiger partial charge in [0.15, 0.2) is 11.2 Å². The molecule has 2 aromatic heterocycles. The van der Waals surface area contributed by atoms with Gasteiger partial charge < -0.3 is 14.2 Å². The van der Waals surface area contributed by atoms with Crippen molar-refractivity contribution in [3.63, 3.8) is 0 Å². The van der Waals surface area contributed by atoms with Crippen LogP contribution in [0.4, 0.5) is 0 Å². The number of carbonyl (C=O) groups excluding carboxylic acids is 1. The third-order valence-corrected chi connectivity index (χ3v) is 6.61. The lowest BCUT2D eigenvalue weighted by atomic mass is 10.1. The molecule has 182 valence electrons. The highest BCUT2D eigenvalue weighted by molar-refractivity contribution is 5.76. The van der Waals surface area contributed by atoms with Crippen LogP contribution in [-0.2, 0) is 31.9 Å². The lowest BCUT2D eigenvalue weighted by Crippen LogP contribution is -2.49. The van der Waals surface area contributed by atoms with E-state index >= 15 is 0 Å². The number of hydrogen-bond donors (Lipinski definition) is 0. The number of amides is 1.